The third kappa shape index (κ3) is 3.49. The molecule has 0 saturated carbocycles. The molecule has 4 rings (SSSR count). The van der Waals surface area contributed by atoms with Gasteiger partial charge >= 0.3 is 0 Å². The SMILES string of the molecule is CC1CN(c2ccc(Cl)c(F)c2)CCN1C(=O)Cn1cnc2sccc2c1=O. The van der Waals surface area contributed by atoms with Gasteiger partial charge in [-0.3, -0.25) is 14.2 Å². The highest BCUT2D eigenvalue weighted by Crippen LogP contribution is 2.24. The van der Waals surface area contributed by atoms with E-state index < -0.39 is 5.82 Å². The van der Waals surface area contributed by atoms with Crippen LogP contribution in [-0.4, -0.2) is 46.0 Å². The fraction of sp³-hybridized carbons (Fsp3) is 0.316. The molecule has 0 radical (unpaired) electrons. The van der Waals surface area contributed by atoms with Crippen LogP contribution in [0.5, 0.6) is 0 Å². The fourth-order valence-corrected chi connectivity index (χ4v) is 4.33. The Hall–Kier alpha value is -2.45. The number of hydrogen-bond acceptors (Lipinski definition) is 5. The first-order valence-corrected chi connectivity index (χ1v) is 10.1. The molecule has 1 amide bonds. The Morgan fingerprint density at radius 2 is 2.18 bits per heavy atom. The number of anilines is 1. The quantitative estimate of drug-likeness (QED) is 0.653. The summed E-state index contributed by atoms with van der Waals surface area (Å²) in [6, 6.07) is 6.37. The van der Waals surface area contributed by atoms with Gasteiger partial charge in [0.15, 0.2) is 0 Å². The van der Waals surface area contributed by atoms with Gasteiger partial charge in [0.05, 0.1) is 16.7 Å². The molecule has 3 heterocycles. The second kappa shape index (κ2) is 7.52. The van der Waals surface area contributed by atoms with Crippen molar-refractivity contribution in [2.45, 2.75) is 19.5 Å². The zero-order chi connectivity index (χ0) is 19.8. The Balaban J connectivity index is 1.46. The van der Waals surface area contributed by atoms with E-state index in [1.165, 1.54) is 34.4 Å². The lowest BCUT2D eigenvalue weighted by Gasteiger charge is -2.41. The minimum absolute atomic E-state index is 0.0441. The smallest absolute Gasteiger partial charge is 0.262 e. The van der Waals surface area contributed by atoms with Crippen molar-refractivity contribution >= 4 is 44.7 Å². The monoisotopic (exact) mass is 420 g/mol. The third-order valence-electron chi connectivity index (χ3n) is 4.97. The number of benzene rings is 1. The lowest BCUT2D eigenvalue weighted by Crippen LogP contribution is -2.55. The zero-order valence-electron chi connectivity index (χ0n) is 15.1. The summed E-state index contributed by atoms with van der Waals surface area (Å²) in [5, 5.41) is 2.43. The topological polar surface area (TPSA) is 58.4 Å². The van der Waals surface area contributed by atoms with E-state index in [-0.39, 0.29) is 29.1 Å². The van der Waals surface area contributed by atoms with E-state index in [2.05, 4.69) is 4.98 Å². The Bertz CT molecular complexity index is 1100. The molecule has 146 valence electrons. The van der Waals surface area contributed by atoms with Crippen LogP contribution in [0.15, 0.2) is 40.8 Å². The first-order chi connectivity index (χ1) is 13.4. The lowest BCUT2D eigenvalue weighted by atomic mass is 10.1. The van der Waals surface area contributed by atoms with Crippen molar-refractivity contribution in [3.63, 3.8) is 0 Å². The Morgan fingerprint density at radius 1 is 1.36 bits per heavy atom. The number of amides is 1. The van der Waals surface area contributed by atoms with Gasteiger partial charge in [-0.2, -0.15) is 0 Å². The average Bonchev–Trinajstić information content (AvgIpc) is 3.15. The van der Waals surface area contributed by atoms with Gasteiger partial charge < -0.3 is 9.80 Å². The van der Waals surface area contributed by atoms with Crippen molar-refractivity contribution in [1.82, 2.24) is 14.5 Å². The second-order valence-electron chi connectivity index (χ2n) is 6.80. The first-order valence-electron chi connectivity index (χ1n) is 8.86. The van der Waals surface area contributed by atoms with Crippen LogP contribution in [0.4, 0.5) is 10.1 Å². The molecule has 0 aliphatic carbocycles. The van der Waals surface area contributed by atoms with E-state index in [1.807, 2.05) is 17.2 Å². The Kier molecular flexibility index (Phi) is 5.07. The number of fused-ring (bicyclic) bond motifs is 1. The van der Waals surface area contributed by atoms with Gasteiger partial charge in [0.2, 0.25) is 5.91 Å². The number of hydrogen-bond donors (Lipinski definition) is 0. The number of nitrogens with zero attached hydrogens (tertiary/aromatic N) is 4. The molecule has 3 aromatic rings. The van der Waals surface area contributed by atoms with Crippen LogP contribution in [0.25, 0.3) is 10.2 Å². The summed E-state index contributed by atoms with van der Waals surface area (Å²) in [7, 11) is 0. The van der Waals surface area contributed by atoms with Crippen molar-refractivity contribution < 1.29 is 9.18 Å². The molecule has 1 aromatic carbocycles. The molecule has 6 nitrogen and oxygen atoms in total. The Labute approximate surface area is 169 Å². The van der Waals surface area contributed by atoms with Crippen LogP contribution >= 0.6 is 22.9 Å². The van der Waals surface area contributed by atoms with Gasteiger partial charge in [-0.05, 0) is 36.6 Å². The molecule has 0 spiro atoms. The highest BCUT2D eigenvalue weighted by atomic mass is 35.5. The van der Waals surface area contributed by atoms with Gasteiger partial charge in [-0.15, -0.1) is 11.3 Å². The largest absolute Gasteiger partial charge is 0.368 e. The van der Waals surface area contributed by atoms with Crippen LogP contribution in [0, 0.1) is 5.82 Å². The number of carbonyl (C=O) groups excluding carboxylic acids is 1. The van der Waals surface area contributed by atoms with Gasteiger partial charge in [-0.1, -0.05) is 11.6 Å². The molecule has 2 aromatic heterocycles. The van der Waals surface area contributed by atoms with E-state index in [1.54, 1.807) is 17.0 Å². The average molecular weight is 421 g/mol. The van der Waals surface area contributed by atoms with Crippen LogP contribution in [0.2, 0.25) is 5.02 Å². The second-order valence-corrected chi connectivity index (χ2v) is 8.10. The minimum Gasteiger partial charge on any atom is -0.368 e. The van der Waals surface area contributed by atoms with Crippen LogP contribution in [0.1, 0.15) is 6.92 Å². The maximum atomic E-state index is 13.7. The van der Waals surface area contributed by atoms with E-state index >= 15 is 0 Å². The Morgan fingerprint density at radius 3 is 2.93 bits per heavy atom. The fourth-order valence-electron chi connectivity index (χ4n) is 3.49. The van der Waals surface area contributed by atoms with Crippen molar-refractivity contribution in [1.29, 1.82) is 0 Å². The minimum atomic E-state index is -0.457. The maximum Gasteiger partial charge on any atom is 0.262 e. The highest BCUT2D eigenvalue weighted by molar-refractivity contribution is 7.16. The molecule has 1 fully saturated rings. The van der Waals surface area contributed by atoms with Gasteiger partial charge in [0.1, 0.15) is 17.2 Å². The standard InChI is InChI=1S/C19H18ClFN4O2S/c1-12-9-23(13-2-3-15(20)16(21)8-13)5-6-25(12)17(26)10-24-11-22-18-14(19(24)27)4-7-28-18/h2-4,7-8,11-12H,5-6,9-10H2,1H3. The van der Waals surface area contributed by atoms with E-state index in [9.17, 15) is 14.0 Å². The predicted molar refractivity (Wildman–Crippen MR) is 109 cm³/mol. The van der Waals surface area contributed by atoms with Gasteiger partial charge in [0.25, 0.3) is 5.56 Å². The predicted octanol–water partition coefficient (Wildman–Crippen LogP) is 2.99. The summed E-state index contributed by atoms with van der Waals surface area (Å²) < 4.78 is 15.1. The molecular formula is C19H18ClFN4O2S. The maximum absolute atomic E-state index is 13.7. The van der Waals surface area contributed by atoms with E-state index in [0.29, 0.717) is 29.9 Å². The molecular weight excluding hydrogens is 403 g/mol. The molecule has 28 heavy (non-hydrogen) atoms. The van der Waals surface area contributed by atoms with Crippen molar-refractivity contribution in [2.75, 3.05) is 24.5 Å². The zero-order valence-corrected chi connectivity index (χ0v) is 16.7. The van der Waals surface area contributed by atoms with Crippen molar-refractivity contribution in [2.24, 2.45) is 0 Å². The van der Waals surface area contributed by atoms with Crippen LogP contribution < -0.4 is 10.5 Å². The van der Waals surface area contributed by atoms with Gasteiger partial charge in [0, 0.05) is 31.4 Å². The van der Waals surface area contributed by atoms with Crippen LogP contribution in [-0.2, 0) is 11.3 Å². The number of halogens is 2. The molecule has 1 aliphatic rings. The highest BCUT2D eigenvalue weighted by Gasteiger charge is 2.28. The lowest BCUT2D eigenvalue weighted by molar-refractivity contribution is -0.134. The summed E-state index contributed by atoms with van der Waals surface area (Å²) >= 11 is 7.15. The molecule has 1 saturated heterocycles. The van der Waals surface area contributed by atoms with Crippen LogP contribution in [0.3, 0.4) is 0 Å². The van der Waals surface area contributed by atoms with Gasteiger partial charge in [-0.25, -0.2) is 9.37 Å². The van der Waals surface area contributed by atoms with E-state index in [0.717, 1.165) is 5.69 Å². The number of rotatable bonds is 3. The molecule has 1 unspecified atom stereocenters. The number of piperazine rings is 1. The van der Waals surface area contributed by atoms with Crippen molar-refractivity contribution in [3.8, 4) is 0 Å². The third-order valence-corrected chi connectivity index (χ3v) is 6.10. The van der Waals surface area contributed by atoms with Crippen molar-refractivity contribution in [3.05, 3.63) is 57.2 Å². The summed E-state index contributed by atoms with van der Waals surface area (Å²) in [6.07, 6.45) is 1.43. The summed E-state index contributed by atoms with van der Waals surface area (Å²) in [5.74, 6) is -0.589. The summed E-state index contributed by atoms with van der Waals surface area (Å²) in [6.45, 7) is 3.54. The van der Waals surface area contributed by atoms with E-state index in [4.69, 9.17) is 11.6 Å². The molecule has 1 aliphatic heterocycles. The first kappa shape index (κ1) is 18.9. The normalized spacial score (nSPS) is 17.3. The number of carbonyl (C=O) groups is 1. The molecule has 0 bridgehead atoms. The summed E-state index contributed by atoms with van der Waals surface area (Å²) in [5.41, 5.74) is 0.534. The number of aromatic nitrogens is 2. The summed E-state index contributed by atoms with van der Waals surface area (Å²) in [4.78, 5) is 34.0. The molecule has 9 heteroatoms. The number of thiophene rings is 1. The molecule has 0 N–H and O–H groups in total. The molecule has 1 atom stereocenters.